The number of amides is 1. The van der Waals surface area contributed by atoms with E-state index in [1.54, 1.807) is 29.5 Å². The van der Waals surface area contributed by atoms with Gasteiger partial charge in [0.25, 0.3) is 5.91 Å². The van der Waals surface area contributed by atoms with E-state index in [2.05, 4.69) is 21.3 Å². The number of hydrogen-bond donors (Lipinski definition) is 1. The van der Waals surface area contributed by atoms with Crippen molar-refractivity contribution in [2.24, 2.45) is 5.73 Å². The van der Waals surface area contributed by atoms with Crippen molar-refractivity contribution in [2.75, 3.05) is 6.54 Å². The summed E-state index contributed by atoms with van der Waals surface area (Å²) in [6, 6.07) is 16.9. The fourth-order valence-corrected chi connectivity index (χ4v) is 5.51. The van der Waals surface area contributed by atoms with Crippen molar-refractivity contribution in [3.05, 3.63) is 87.2 Å². The van der Waals surface area contributed by atoms with E-state index in [9.17, 15) is 10.1 Å². The van der Waals surface area contributed by atoms with Crippen molar-refractivity contribution in [1.82, 2.24) is 20.1 Å². The van der Waals surface area contributed by atoms with Crippen molar-refractivity contribution >= 4 is 17.2 Å². The summed E-state index contributed by atoms with van der Waals surface area (Å²) in [7, 11) is 0. The molecule has 5 rings (SSSR count). The summed E-state index contributed by atoms with van der Waals surface area (Å²) in [4.78, 5) is 20.0. The summed E-state index contributed by atoms with van der Waals surface area (Å²) < 4.78 is 5.97. The number of aromatic nitrogens is 3. The lowest BCUT2D eigenvalue weighted by Crippen LogP contribution is -2.35. The van der Waals surface area contributed by atoms with Gasteiger partial charge >= 0.3 is 0 Å². The third-order valence-corrected chi connectivity index (χ3v) is 7.38. The molecule has 0 radical (unpaired) electrons. The van der Waals surface area contributed by atoms with Crippen LogP contribution in [0.2, 0.25) is 0 Å². The maximum atomic E-state index is 13.6. The minimum Gasteiger partial charge on any atom is -0.419 e. The highest BCUT2D eigenvalue weighted by atomic mass is 32.1. The summed E-state index contributed by atoms with van der Waals surface area (Å²) in [6.45, 7) is 4.43. The van der Waals surface area contributed by atoms with E-state index in [0.29, 0.717) is 29.7 Å². The Labute approximate surface area is 213 Å². The molecule has 4 aromatic rings. The molecule has 2 atom stereocenters. The van der Waals surface area contributed by atoms with Crippen LogP contribution in [0.5, 0.6) is 0 Å². The highest BCUT2D eigenvalue weighted by Crippen LogP contribution is 2.35. The Morgan fingerprint density at radius 3 is 2.81 bits per heavy atom. The van der Waals surface area contributed by atoms with Gasteiger partial charge in [-0.25, -0.2) is 4.98 Å². The van der Waals surface area contributed by atoms with Gasteiger partial charge in [0.1, 0.15) is 5.01 Å². The van der Waals surface area contributed by atoms with Crippen LogP contribution in [0.3, 0.4) is 0 Å². The SMILES string of the molecule is Cc1csc(C2CCCN2C(=O)c2cc(C#N)cc(-c3nnc(C(C)(N)Cc4ccccc4)o3)c2)n1. The van der Waals surface area contributed by atoms with Gasteiger partial charge in [-0.2, -0.15) is 5.26 Å². The third kappa shape index (κ3) is 4.78. The van der Waals surface area contributed by atoms with Crippen LogP contribution in [0.1, 0.15) is 63.9 Å². The molecule has 1 amide bonds. The maximum absolute atomic E-state index is 13.6. The normalized spacial score (nSPS) is 17.1. The molecule has 2 unspecified atom stereocenters. The van der Waals surface area contributed by atoms with E-state index in [-0.39, 0.29) is 23.7 Å². The minimum absolute atomic E-state index is 0.0590. The third-order valence-electron chi connectivity index (χ3n) is 6.32. The molecule has 1 aliphatic rings. The second-order valence-corrected chi connectivity index (χ2v) is 10.3. The van der Waals surface area contributed by atoms with E-state index >= 15 is 0 Å². The van der Waals surface area contributed by atoms with Gasteiger partial charge in [-0.15, -0.1) is 21.5 Å². The van der Waals surface area contributed by atoms with Crippen LogP contribution in [-0.4, -0.2) is 32.5 Å². The number of thiazole rings is 1. The molecule has 36 heavy (non-hydrogen) atoms. The Morgan fingerprint density at radius 2 is 2.08 bits per heavy atom. The largest absolute Gasteiger partial charge is 0.419 e. The number of benzene rings is 2. The molecule has 182 valence electrons. The monoisotopic (exact) mass is 498 g/mol. The number of carbonyl (C=O) groups is 1. The highest BCUT2D eigenvalue weighted by molar-refractivity contribution is 7.09. The number of likely N-dealkylation sites (tertiary alicyclic amines) is 1. The Morgan fingerprint density at radius 1 is 1.28 bits per heavy atom. The smallest absolute Gasteiger partial charge is 0.254 e. The second-order valence-electron chi connectivity index (χ2n) is 9.39. The van der Waals surface area contributed by atoms with Gasteiger partial charge in [0, 0.05) is 28.7 Å². The zero-order valence-electron chi connectivity index (χ0n) is 20.1. The zero-order chi connectivity index (χ0) is 25.3. The first-order valence-electron chi connectivity index (χ1n) is 11.8. The van der Waals surface area contributed by atoms with E-state index in [1.165, 1.54) is 0 Å². The number of nitrogens with zero attached hydrogens (tertiary/aromatic N) is 5. The Balaban J connectivity index is 1.43. The first-order chi connectivity index (χ1) is 17.3. The molecule has 0 aliphatic carbocycles. The van der Waals surface area contributed by atoms with Crippen LogP contribution in [0.4, 0.5) is 0 Å². The van der Waals surface area contributed by atoms with Crippen LogP contribution >= 0.6 is 11.3 Å². The van der Waals surface area contributed by atoms with Crippen molar-refractivity contribution in [3.63, 3.8) is 0 Å². The van der Waals surface area contributed by atoms with E-state index in [4.69, 9.17) is 10.2 Å². The van der Waals surface area contributed by atoms with E-state index in [0.717, 1.165) is 29.1 Å². The van der Waals surface area contributed by atoms with Crippen LogP contribution in [-0.2, 0) is 12.0 Å². The van der Waals surface area contributed by atoms with Crippen molar-refractivity contribution in [1.29, 1.82) is 5.26 Å². The number of nitriles is 1. The lowest BCUT2D eigenvalue weighted by Gasteiger charge is -2.23. The van der Waals surface area contributed by atoms with Gasteiger partial charge in [0.2, 0.25) is 11.8 Å². The first-order valence-corrected chi connectivity index (χ1v) is 12.7. The first kappa shape index (κ1) is 23.9. The molecule has 1 aliphatic heterocycles. The average Bonchev–Trinajstić information content (AvgIpc) is 3.64. The lowest BCUT2D eigenvalue weighted by molar-refractivity contribution is 0.0735. The fourth-order valence-electron chi connectivity index (χ4n) is 4.56. The van der Waals surface area contributed by atoms with Gasteiger partial charge in [-0.3, -0.25) is 4.79 Å². The van der Waals surface area contributed by atoms with Crippen LogP contribution in [0.25, 0.3) is 11.5 Å². The molecule has 8 nitrogen and oxygen atoms in total. The zero-order valence-corrected chi connectivity index (χ0v) is 21.0. The Hall–Kier alpha value is -3.87. The highest BCUT2D eigenvalue weighted by Gasteiger charge is 2.33. The summed E-state index contributed by atoms with van der Waals surface area (Å²) in [6.07, 6.45) is 2.29. The molecule has 1 saturated heterocycles. The molecule has 0 bridgehead atoms. The number of aryl methyl sites for hydroxylation is 1. The molecule has 0 saturated carbocycles. The van der Waals surface area contributed by atoms with E-state index < -0.39 is 5.54 Å². The Bertz CT molecular complexity index is 1440. The maximum Gasteiger partial charge on any atom is 0.254 e. The number of rotatable bonds is 6. The summed E-state index contributed by atoms with van der Waals surface area (Å²) >= 11 is 1.57. The predicted molar refractivity (Wildman–Crippen MR) is 136 cm³/mol. The molecule has 9 heteroatoms. The molecule has 2 N–H and O–H groups in total. The number of carbonyl (C=O) groups excluding carboxylic acids is 1. The van der Waals surface area contributed by atoms with Crippen molar-refractivity contribution in [2.45, 2.75) is 44.7 Å². The molecule has 2 aromatic carbocycles. The topological polar surface area (TPSA) is 122 Å². The van der Waals surface area contributed by atoms with Crippen LogP contribution in [0, 0.1) is 18.3 Å². The van der Waals surface area contributed by atoms with Crippen LogP contribution in [0.15, 0.2) is 58.3 Å². The minimum atomic E-state index is -0.882. The second kappa shape index (κ2) is 9.64. The lowest BCUT2D eigenvalue weighted by atomic mass is 9.94. The van der Waals surface area contributed by atoms with Gasteiger partial charge in [0.05, 0.1) is 23.2 Å². The predicted octanol–water partition coefficient (Wildman–Crippen LogP) is 4.77. The van der Waals surface area contributed by atoms with Crippen molar-refractivity contribution in [3.8, 4) is 17.5 Å². The van der Waals surface area contributed by atoms with Crippen molar-refractivity contribution < 1.29 is 9.21 Å². The van der Waals surface area contributed by atoms with Gasteiger partial charge < -0.3 is 15.1 Å². The Kier molecular flexibility index (Phi) is 6.39. The molecule has 3 heterocycles. The van der Waals surface area contributed by atoms with Gasteiger partial charge in [0.15, 0.2) is 0 Å². The molecular formula is C27H26N6O2S. The molecular weight excluding hydrogens is 472 g/mol. The average molecular weight is 499 g/mol. The summed E-state index contributed by atoms with van der Waals surface area (Å²) in [5.41, 5.74) is 8.92. The molecule has 1 fully saturated rings. The quantitative estimate of drug-likeness (QED) is 0.406. The molecule has 2 aromatic heterocycles. The van der Waals surface area contributed by atoms with Crippen LogP contribution < -0.4 is 5.73 Å². The summed E-state index contributed by atoms with van der Waals surface area (Å²) in [5, 5.41) is 21.0. The molecule has 0 spiro atoms. The standard InChI is InChI=1S/C27H26N6O2S/c1-17-16-36-24(30-17)22-9-6-10-33(22)25(34)21-12-19(15-28)11-20(13-21)23-31-32-26(35-23)27(2,29)14-18-7-4-3-5-8-18/h3-5,7-8,11-13,16,22H,6,9-10,14,29H2,1-2H3. The van der Waals surface area contributed by atoms with Gasteiger partial charge in [-0.1, -0.05) is 30.3 Å². The van der Waals surface area contributed by atoms with E-state index in [1.807, 2.05) is 54.5 Å². The van der Waals surface area contributed by atoms with Gasteiger partial charge in [-0.05, 0) is 56.9 Å². The number of nitrogens with two attached hydrogens (primary N) is 1. The number of hydrogen-bond acceptors (Lipinski definition) is 8. The fraction of sp³-hybridized carbons (Fsp3) is 0.296. The summed E-state index contributed by atoms with van der Waals surface area (Å²) in [5.74, 6) is 0.362.